The standard InChI is InChI=1S/C15H23NO4/c1-2-16(12-8-20-7-11(12)15(18)19)14(17)13-9-5-3-4-6-10(9)13/h9-13H,2-8H2,1H3,(H,18,19). The van der Waals surface area contributed by atoms with E-state index in [0.717, 1.165) is 0 Å². The Balaban J connectivity index is 1.70. The number of nitrogens with zero attached hydrogens (tertiary/aromatic N) is 1. The third-order valence-electron chi connectivity index (χ3n) is 5.33. The number of likely N-dealkylation sites (N-methyl/N-ethyl adjacent to an activating group) is 1. The minimum absolute atomic E-state index is 0.160. The maximum Gasteiger partial charge on any atom is 0.311 e. The second kappa shape index (κ2) is 5.35. The first kappa shape index (κ1) is 13.9. The molecular formula is C15H23NO4. The molecule has 0 aromatic heterocycles. The molecule has 112 valence electrons. The molecule has 3 fully saturated rings. The Hall–Kier alpha value is -1.10. The van der Waals surface area contributed by atoms with Crippen molar-refractivity contribution in [2.45, 2.75) is 38.6 Å². The Bertz CT molecular complexity index is 399. The Morgan fingerprint density at radius 2 is 1.85 bits per heavy atom. The highest BCUT2D eigenvalue weighted by atomic mass is 16.5. The van der Waals surface area contributed by atoms with Gasteiger partial charge in [0.05, 0.1) is 19.3 Å². The average molecular weight is 281 g/mol. The molecule has 0 radical (unpaired) electrons. The van der Waals surface area contributed by atoms with Crippen LogP contribution in [0.1, 0.15) is 32.6 Å². The summed E-state index contributed by atoms with van der Waals surface area (Å²) in [6, 6.07) is -0.285. The van der Waals surface area contributed by atoms with Crippen LogP contribution >= 0.6 is 0 Å². The van der Waals surface area contributed by atoms with E-state index in [2.05, 4.69) is 0 Å². The molecular weight excluding hydrogens is 258 g/mol. The van der Waals surface area contributed by atoms with E-state index in [9.17, 15) is 14.7 Å². The molecule has 3 rings (SSSR count). The van der Waals surface area contributed by atoms with Gasteiger partial charge in [-0.15, -0.1) is 0 Å². The zero-order valence-corrected chi connectivity index (χ0v) is 12.0. The number of amides is 1. The Kier molecular flexibility index (Phi) is 3.71. The van der Waals surface area contributed by atoms with Gasteiger partial charge in [0, 0.05) is 12.5 Å². The van der Waals surface area contributed by atoms with Gasteiger partial charge >= 0.3 is 5.97 Å². The Morgan fingerprint density at radius 1 is 1.20 bits per heavy atom. The SMILES string of the molecule is CCN(C(=O)C1C2CCCCC21)C1COCC1C(=O)O. The molecule has 0 aromatic rings. The van der Waals surface area contributed by atoms with E-state index in [1.807, 2.05) is 6.92 Å². The van der Waals surface area contributed by atoms with E-state index in [-0.39, 0.29) is 24.5 Å². The number of ether oxygens (including phenoxy) is 1. The number of hydrogen-bond donors (Lipinski definition) is 1. The normalized spacial score (nSPS) is 39.1. The number of hydrogen-bond acceptors (Lipinski definition) is 3. The van der Waals surface area contributed by atoms with Gasteiger partial charge in [-0.05, 0) is 31.6 Å². The minimum Gasteiger partial charge on any atom is -0.481 e. The molecule has 5 heteroatoms. The van der Waals surface area contributed by atoms with E-state index in [4.69, 9.17) is 4.74 Å². The first-order valence-electron chi connectivity index (χ1n) is 7.76. The molecule has 20 heavy (non-hydrogen) atoms. The summed E-state index contributed by atoms with van der Waals surface area (Å²) in [7, 11) is 0. The molecule has 1 aliphatic heterocycles. The van der Waals surface area contributed by atoms with Gasteiger partial charge in [-0.1, -0.05) is 12.8 Å². The maximum absolute atomic E-state index is 12.7. The lowest BCUT2D eigenvalue weighted by Gasteiger charge is -2.29. The van der Waals surface area contributed by atoms with E-state index in [0.29, 0.717) is 25.0 Å². The van der Waals surface area contributed by atoms with Gasteiger partial charge in [0.25, 0.3) is 0 Å². The average Bonchev–Trinajstić information content (AvgIpc) is 2.97. The van der Waals surface area contributed by atoms with Crippen molar-refractivity contribution >= 4 is 11.9 Å². The molecule has 4 atom stereocenters. The van der Waals surface area contributed by atoms with E-state index >= 15 is 0 Å². The van der Waals surface area contributed by atoms with Crippen molar-refractivity contribution in [1.82, 2.24) is 4.90 Å². The van der Waals surface area contributed by atoms with Crippen molar-refractivity contribution < 1.29 is 19.4 Å². The van der Waals surface area contributed by atoms with Crippen LogP contribution in [0.15, 0.2) is 0 Å². The summed E-state index contributed by atoms with van der Waals surface area (Å²) in [4.78, 5) is 25.8. The Labute approximate surface area is 119 Å². The number of rotatable bonds is 4. The van der Waals surface area contributed by atoms with Crippen LogP contribution in [0, 0.1) is 23.7 Å². The number of fused-ring (bicyclic) bond motifs is 1. The van der Waals surface area contributed by atoms with Crippen molar-refractivity contribution in [2.24, 2.45) is 23.7 Å². The number of carbonyl (C=O) groups excluding carboxylic acids is 1. The van der Waals surface area contributed by atoms with Crippen LogP contribution < -0.4 is 0 Å². The van der Waals surface area contributed by atoms with Crippen molar-refractivity contribution in [3.63, 3.8) is 0 Å². The number of carboxylic acids is 1. The molecule has 1 heterocycles. The van der Waals surface area contributed by atoms with Crippen LogP contribution in [0.5, 0.6) is 0 Å². The third-order valence-corrected chi connectivity index (χ3v) is 5.33. The molecule has 1 N–H and O–H groups in total. The van der Waals surface area contributed by atoms with E-state index in [1.54, 1.807) is 4.90 Å². The first-order chi connectivity index (χ1) is 9.65. The fourth-order valence-electron chi connectivity index (χ4n) is 4.19. The van der Waals surface area contributed by atoms with Crippen LogP contribution in [0.4, 0.5) is 0 Å². The van der Waals surface area contributed by atoms with Crippen LogP contribution in [0.3, 0.4) is 0 Å². The predicted molar refractivity (Wildman–Crippen MR) is 72.1 cm³/mol. The highest BCUT2D eigenvalue weighted by Gasteiger charge is 2.57. The fourth-order valence-corrected chi connectivity index (χ4v) is 4.19. The third kappa shape index (κ3) is 2.22. The smallest absolute Gasteiger partial charge is 0.311 e. The molecule has 1 amide bonds. The molecule has 0 spiro atoms. The minimum atomic E-state index is -0.855. The molecule has 4 unspecified atom stereocenters. The zero-order valence-electron chi connectivity index (χ0n) is 12.0. The fraction of sp³-hybridized carbons (Fsp3) is 0.867. The van der Waals surface area contributed by atoms with Gasteiger partial charge < -0.3 is 14.7 Å². The number of carboxylic acid groups (broad SMARTS) is 1. The maximum atomic E-state index is 12.7. The quantitative estimate of drug-likeness (QED) is 0.845. The van der Waals surface area contributed by atoms with Gasteiger partial charge in [-0.3, -0.25) is 9.59 Å². The molecule has 0 bridgehead atoms. The van der Waals surface area contributed by atoms with Crippen LogP contribution in [0.25, 0.3) is 0 Å². The topological polar surface area (TPSA) is 66.8 Å². The van der Waals surface area contributed by atoms with E-state index in [1.165, 1.54) is 25.7 Å². The van der Waals surface area contributed by atoms with Crippen molar-refractivity contribution in [1.29, 1.82) is 0 Å². The molecule has 0 aromatic carbocycles. The summed E-state index contributed by atoms with van der Waals surface area (Å²) in [5.74, 6) is 0.0390. The summed E-state index contributed by atoms with van der Waals surface area (Å²) in [5.41, 5.74) is 0. The molecule has 1 saturated heterocycles. The second-order valence-electron chi connectivity index (χ2n) is 6.31. The van der Waals surface area contributed by atoms with Gasteiger partial charge in [-0.25, -0.2) is 0 Å². The summed E-state index contributed by atoms with van der Waals surface area (Å²) in [6.07, 6.45) is 4.81. The Morgan fingerprint density at radius 3 is 2.40 bits per heavy atom. The molecule has 2 saturated carbocycles. The first-order valence-corrected chi connectivity index (χ1v) is 7.76. The van der Waals surface area contributed by atoms with E-state index < -0.39 is 11.9 Å². The van der Waals surface area contributed by atoms with Crippen molar-refractivity contribution in [3.8, 4) is 0 Å². The lowest BCUT2D eigenvalue weighted by molar-refractivity contribution is -0.145. The number of aliphatic carboxylic acids is 1. The lowest BCUT2D eigenvalue weighted by Crippen LogP contribution is -2.47. The summed E-state index contributed by atoms with van der Waals surface area (Å²) < 4.78 is 5.31. The predicted octanol–water partition coefficient (Wildman–Crippen LogP) is 1.37. The van der Waals surface area contributed by atoms with Crippen molar-refractivity contribution in [3.05, 3.63) is 0 Å². The summed E-state index contributed by atoms with van der Waals surface area (Å²) >= 11 is 0. The zero-order chi connectivity index (χ0) is 14.3. The molecule has 5 nitrogen and oxygen atoms in total. The van der Waals surface area contributed by atoms with Crippen LogP contribution in [-0.4, -0.2) is 47.7 Å². The second-order valence-corrected chi connectivity index (χ2v) is 6.31. The number of carbonyl (C=O) groups is 2. The van der Waals surface area contributed by atoms with Gasteiger partial charge in [0.15, 0.2) is 0 Å². The highest BCUT2D eigenvalue weighted by molar-refractivity contribution is 5.83. The summed E-state index contributed by atoms with van der Waals surface area (Å²) in [6.45, 7) is 3.09. The lowest BCUT2D eigenvalue weighted by atomic mass is 10.0. The van der Waals surface area contributed by atoms with Gasteiger partial charge in [-0.2, -0.15) is 0 Å². The molecule has 3 aliphatic rings. The van der Waals surface area contributed by atoms with Crippen LogP contribution in [0.2, 0.25) is 0 Å². The van der Waals surface area contributed by atoms with Gasteiger partial charge in [0.1, 0.15) is 5.92 Å². The highest BCUT2D eigenvalue weighted by Crippen LogP contribution is 2.56. The monoisotopic (exact) mass is 281 g/mol. The largest absolute Gasteiger partial charge is 0.481 e. The van der Waals surface area contributed by atoms with Gasteiger partial charge in [0.2, 0.25) is 5.91 Å². The molecule has 2 aliphatic carbocycles. The summed E-state index contributed by atoms with van der Waals surface area (Å²) in [5, 5.41) is 9.25. The van der Waals surface area contributed by atoms with Crippen LogP contribution in [-0.2, 0) is 14.3 Å². The van der Waals surface area contributed by atoms with Crippen molar-refractivity contribution in [2.75, 3.05) is 19.8 Å².